The molecule has 0 aromatic heterocycles. The first-order chi connectivity index (χ1) is 16.3. The van der Waals surface area contributed by atoms with Crippen LogP contribution in [0.5, 0.6) is 11.5 Å². The standard InChI is InChI=1S/C25H22ClF2NO5/c1-3-14(24(31)32)13-9-10-19(18(26)11-13)29-12-17-20(23(29)30)22(34-25(27)28)16-8-6-5-7-15(16)21(17)33-4-2/h5-11,14,25H,3-4,12H2,1-2H3,(H,31,32). The Hall–Kier alpha value is -3.39. The predicted octanol–water partition coefficient (Wildman–Crippen LogP) is 6.23. The third kappa shape index (κ3) is 4.03. The van der Waals surface area contributed by atoms with Crippen LogP contribution in [-0.4, -0.2) is 30.2 Å². The predicted molar refractivity (Wildman–Crippen MR) is 124 cm³/mol. The molecule has 1 N–H and O–H groups in total. The molecule has 0 saturated carbocycles. The SMILES string of the molecule is CCOc1c2c(c(OC(F)F)c3ccccc13)C(=O)N(c1ccc(C(CC)C(=O)O)cc1Cl)C2. The molecule has 34 heavy (non-hydrogen) atoms. The number of fused-ring (bicyclic) bond motifs is 2. The summed E-state index contributed by atoms with van der Waals surface area (Å²) < 4.78 is 37.4. The van der Waals surface area contributed by atoms with Gasteiger partial charge in [0.15, 0.2) is 0 Å². The van der Waals surface area contributed by atoms with Gasteiger partial charge in [0.05, 0.1) is 35.3 Å². The van der Waals surface area contributed by atoms with Gasteiger partial charge in [-0.25, -0.2) is 0 Å². The minimum Gasteiger partial charge on any atom is -0.493 e. The Morgan fingerprint density at radius 1 is 1.15 bits per heavy atom. The first kappa shape index (κ1) is 23.8. The van der Waals surface area contributed by atoms with Crippen LogP contribution in [0.4, 0.5) is 14.5 Å². The van der Waals surface area contributed by atoms with Crippen molar-refractivity contribution in [2.45, 2.75) is 39.3 Å². The van der Waals surface area contributed by atoms with Crippen molar-refractivity contribution >= 4 is 39.9 Å². The Kier molecular flexibility index (Phi) is 6.61. The molecular formula is C25H22ClF2NO5. The summed E-state index contributed by atoms with van der Waals surface area (Å²) in [5, 5.41) is 10.5. The van der Waals surface area contributed by atoms with Crippen molar-refractivity contribution in [3.63, 3.8) is 0 Å². The largest absolute Gasteiger partial charge is 0.493 e. The van der Waals surface area contributed by atoms with E-state index in [2.05, 4.69) is 0 Å². The molecule has 1 heterocycles. The number of rotatable bonds is 8. The van der Waals surface area contributed by atoms with E-state index in [0.717, 1.165) is 0 Å². The number of alkyl halides is 2. The average molecular weight is 490 g/mol. The van der Waals surface area contributed by atoms with Crippen molar-refractivity contribution < 1.29 is 33.0 Å². The number of nitrogens with zero attached hydrogens (tertiary/aromatic N) is 1. The maximum atomic E-state index is 13.5. The zero-order chi connectivity index (χ0) is 24.6. The van der Waals surface area contributed by atoms with Crippen molar-refractivity contribution in [3.05, 3.63) is 64.2 Å². The molecular weight excluding hydrogens is 468 g/mol. The molecule has 0 aliphatic carbocycles. The van der Waals surface area contributed by atoms with Crippen molar-refractivity contribution in [1.82, 2.24) is 0 Å². The van der Waals surface area contributed by atoms with E-state index in [1.165, 1.54) is 11.0 Å². The van der Waals surface area contributed by atoms with Gasteiger partial charge >= 0.3 is 12.6 Å². The molecule has 3 aromatic rings. The van der Waals surface area contributed by atoms with Gasteiger partial charge in [-0.3, -0.25) is 9.59 Å². The van der Waals surface area contributed by atoms with Crippen LogP contribution in [0.3, 0.4) is 0 Å². The number of halogens is 3. The Labute approximate surface area is 199 Å². The number of benzene rings is 3. The number of carboxylic acid groups (broad SMARTS) is 1. The summed E-state index contributed by atoms with van der Waals surface area (Å²) in [5.74, 6) is -2.05. The van der Waals surface area contributed by atoms with E-state index < -0.39 is 24.4 Å². The van der Waals surface area contributed by atoms with Crippen LogP contribution in [0.1, 0.15) is 47.7 Å². The topological polar surface area (TPSA) is 76.1 Å². The lowest BCUT2D eigenvalue weighted by molar-refractivity contribution is -0.138. The molecule has 0 radical (unpaired) electrons. The number of hydrogen-bond acceptors (Lipinski definition) is 4. The highest BCUT2D eigenvalue weighted by molar-refractivity contribution is 6.34. The Morgan fingerprint density at radius 3 is 2.38 bits per heavy atom. The van der Waals surface area contributed by atoms with Gasteiger partial charge in [-0.2, -0.15) is 8.78 Å². The van der Waals surface area contributed by atoms with Crippen molar-refractivity contribution in [1.29, 1.82) is 0 Å². The lowest BCUT2D eigenvalue weighted by Gasteiger charge is -2.19. The second kappa shape index (κ2) is 9.46. The fraction of sp³-hybridized carbons (Fsp3) is 0.280. The Morgan fingerprint density at radius 2 is 1.82 bits per heavy atom. The quantitative estimate of drug-likeness (QED) is 0.406. The van der Waals surface area contributed by atoms with E-state index in [1.807, 2.05) is 0 Å². The van der Waals surface area contributed by atoms with Gasteiger partial charge in [-0.1, -0.05) is 48.9 Å². The second-order valence-corrected chi connectivity index (χ2v) is 8.18. The molecule has 4 rings (SSSR count). The smallest absolute Gasteiger partial charge is 0.387 e. The lowest BCUT2D eigenvalue weighted by Crippen LogP contribution is -2.24. The van der Waals surface area contributed by atoms with Crippen LogP contribution in [-0.2, 0) is 11.3 Å². The summed E-state index contributed by atoms with van der Waals surface area (Å²) in [7, 11) is 0. The molecule has 0 bridgehead atoms. The fourth-order valence-electron chi connectivity index (χ4n) is 4.40. The number of amides is 1. The number of anilines is 1. The molecule has 1 aliphatic heterocycles. The number of aliphatic carboxylic acids is 1. The van der Waals surface area contributed by atoms with Crippen molar-refractivity contribution in [3.8, 4) is 11.5 Å². The molecule has 1 atom stereocenters. The second-order valence-electron chi connectivity index (χ2n) is 7.77. The Bertz CT molecular complexity index is 1280. The number of carboxylic acids is 1. The van der Waals surface area contributed by atoms with Gasteiger partial charge in [0, 0.05) is 16.3 Å². The van der Waals surface area contributed by atoms with Crippen molar-refractivity contribution in [2.24, 2.45) is 0 Å². The van der Waals surface area contributed by atoms with E-state index in [-0.39, 0.29) is 22.9 Å². The number of carbonyl (C=O) groups excluding carboxylic acids is 1. The summed E-state index contributed by atoms with van der Waals surface area (Å²) in [6.07, 6.45) is 0.373. The van der Waals surface area contributed by atoms with Gasteiger partial charge in [0.1, 0.15) is 11.5 Å². The monoisotopic (exact) mass is 489 g/mol. The fourth-order valence-corrected chi connectivity index (χ4v) is 4.69. The first-order valence-corrected chi connectivity index (χ1v) is 11.2. The highest BCUT2D eigenvalue weighted by Crippen LogP contribution is 2.47. The highest BCUT2D eigenvalue weighted by Gasteiger charge is 2.38. The number of ether oxygens (including phenoxy) is 2. The zero-order valence-electron chi connectivity index (χ0n) is 18.5. The maximum absolute atomic E-state index is 13.5. The molecule has 9 heteroatoms. The minimum absolute atomic E-state index is 0.000404. The molecule has 6 nitrogen and oxygen atoms in total. The summed E-state index contributed by atoms with van der Waals surface area (Å²) in [5.41, 5.74) is 1.27. The summed E-state index contributed by atoms with van der Waals surface area (Å²) in [6, 6.07) is 11.4. The van der Waals surface area contributed by atoms with Gasteiger partial charge in [-0.05, 0) is 31.0 Å². The average Bonchev–Trinajstić information content (AvgIpc) is 3.13. The third-order valence-corrected chi connectivity index (χ3v) is 6.16. The van der Waals surface area contributed by atoms with Crippen LogP contribution in [0.2, 0.25) is 5.02 Å². The molecule has 178 valence electrons. The van der Waals surface area contributed by atoms with Crippen LogP contribution >= 0.6 is 11.6 Å². The van der Waals surface area contributed by atoms with Gasteiger partial charge in [0.25, 0.3) is 5.91 Å². The van der Waals surface area contributed by atoms with E-state index in [9.17, 15) is 23.5 Å². The van der Waals surface area contributed by atoms with E-state index >= 15 is 0 Å². The van der Waals surface area contributed by atoms with Gasteiger partial charge in [-0.15, -0.1) is 0 Å². The maximum Gasteiger partial charge on any atom is 0.387 e. The van der Waals surface area contributed by atoms with E-state index in [0.29, 0.717) is 46.4 Å². The highest BCUT2D eigenvalue weighted by atomic mass is 35.5. The summed E-state index contributed by atoms with van der Waals surface area (Å²) >= 11 is 6.48. The molecule has 0 fully saturated rings. The molecule has 0 spiro atoms. The number of hydrogen-bond donors (Lipinski definition) is 1. The zero-order valence-corrected chi connectivity index (χ0v) is 19.2. The minimum atomic E-state index is -3.13. The summed E-state index contributed by atoms with van der Waals surface area (Å²) in [6.45, 7) is 0.760. The molecule has 1 aliphatic rings. The van der Waals surface area contributed by atoms with Crippen molar-refractivity contribution in [2.75, 3.05) is 11.5 Å². The lowest BCUT2D eigenvalue weighted by atomic mass is 9.96. The normalized spacial score (nSPS) is 13.9. The van der Waals surface area contributed by atoms with Crippen LogP contribution in [0.15, 0.2) is 42.5 Å². The summed E-state index contributed by atoms with van der Waals surface area (Å²) in [4.78, 5) is 26.4. The molecule has 1 amide bonds. The van der Waals surface area contributed by atoms with E-state index in [4.69, 9.17) is 21.1 Å². The van der Waals surface area contributed by atoms with Gasteiger partial charge in [0.2, 0.25) is 0 Å². The van der Waals surface area contributed by atoms with E-state index in [1.54, 1.807) is 50.2 Å². The number of carbonyl (C=O) groups is 2. The third-order valence-electron chi connectivity index (χ3n) is 5.86. The molecule has 3 aromatic carbocycles. The van der Waals surface area contributed by atoms with Crippen LogP contribution in [0.25, 0.3) is 10.8 Å². The van der Waals surface area contributed by atoms with Crippen LogP contribution in [0, 0.1) is 0 Å². The van der Waals surface area contributed by atoms with Crippen LogP contribution < -0.4 is 14.4 Å². The Balaban J connectivity index is 1.86. The molecule has 0 saturated heterocycles. The van der Waals surface area contributed by atoms with Gasteiger partial charge < -0.3 is 19.5 Å². The molecule has 1 unspecified atom stereocenters. The first-order valence-electron chi connectivity index (χ1n) is 10.8.